The van der Waals surface area contributed by atoms with Crippen LogP contribution >= 0.6 is 11.3 Å². The van der Waals surface area contributed by atoms with Crippen LogP contribution in [-0.2, 0) is 17.7 Å². The highest BCUT2D eigenvalue weighted by Gasteiger charge is 2.30. The molecule has 0 saturated carbocycles. The van der Waals surface area contributed by atoms with Crippen LogP contribution in [0.15, 0.2) is 40.1 Å². The van der Waals surface area contributed by atoms with Gasteiger partial charge in [-0.3, -0.25) is 9.89 Å². The number of aliphatic imine (C=N–C) groups is 1. The van der Waals surface area contributed by atoms with Crippen molar-refractivity contribution < 1.29 is 9.53 Å². The number of rotatable bonds is 4. The molecule has 3 heterocycles. The molecule has 0 atom stereocenters. The summed E-state index contributed by atoms with van der Waals surface area (Å²) in [6.45, 7) is 9.06. The summed E-state index contributed by atoms with van der Waals surface area (Å²) in [5, 5.41) is 3.70. The quantitative estimate of drug-likeness (QED) is 0.475. The lowest BCUT2D eigenvalue weighted by atomic mass is 10.0. The van der Waals surface area contributed by atoms with Crippen LogP contribution in [0.3, 0.4) is 0 Å². The molecule has 1 N–H and O–H groups in total. The third kappa shape index (κ3) is 4.47. The van der Waals surface area contributed by atoms with Crippen LogP contribution in [0.4, 0.5) is 5.00 Å². The van der Waals surface area contributed by atoms with Crippen molar-refractivity contribution in [2.45, 2.75) is 46.3 Å². The van der Waals surface area contributed by atoms with Crippen LogP contribution in [-0.4, -0.2) is 46.1 Å². The highest BCUT2D eigenvalue weighted by atomic mass is 32.1. The van der Waals surface area contributed by atoms with Gasteiger partial charge in [0, 0.05) is 29.9 Å². The zero-order valence-electron chi connectivity index (χ0n) is 19.1. The normalized spacial score (nSPS) is 14.7. The van der Waals surface area contributed by atoms with Gasteiger partial charge in [0.25, 0.3) is 5.56 Å². The summed E-state index contributed by atoms with van der Waals surface area (Å²) in [5.74, 6) is -0.362. The fourth-order valence-electron chi connectivity index (χ4n) is 3.74. The summed E-state index contributed by atoms with van der Waals surface area (Å²) in [6, 6.07) is 9.39. The Labute approximate surface area is 191 Å². The van der Waals surface area contributed by atoms with Gasteiger partial charge in [0.05, 0.1) is 16.8 Å². The number of para-hydroxylation sites is 1. The van der Waals surface area contributed by atoms with E-state index in [1.54, 1.807) is 6.21 Å². The molecular weight excluding hydrogens is 424 g/mol. The van der Waals surface area contributed by atoms with Gasteiger partial charge in [0.2, 0.25) is 0 Å². The minimum Gasteiger partial charge on any atom is -0.456 e. The molecule has 0 aliphatic carbocycles. The maximum atomic E-state index is 13.1. The number of carbonyl (C=O) groups is 1. The summed E-state index contributed by atoms with van der Waals surface area (Å²) < 4.78 is 7.19. The Hall–Kier alpha value is -2.97. The molecule has 2 aromatic heterocycles. The van der Waals surface area contributed by atoms with Crippen LogP contribution < -0.4 is 5.56 Å². The molecule has 1 aliphatic rings. The fourth-order valence-corrected chi connectivity index (χ4v) is 5.00. The molecule has 168 valence electrons. The van der Waals surface area contributed by atoms with Crippen molar-refractivity contribution in [3.8, 4) is 5.69 Å². The number of esters is 1. The molecule has 4 rings (SSSR count). The molecule has 8 heteroatoms. The van der Waals surface area contributed by atoms with E-state index in [9.17, 15) is 9.59 Å². The zero-order chi connectivity index (χ0) is 23.0. The largest absolute Gasteiger partial charge is 0.456 e. The number of likely N-dealkylation sites (N-methyl/N-ethyl adjacent to an activating group) is 1. The van der Waals surface area contributed by atoms with Gasteiger partial charge in [-0.25, -0.2) is 14.5 Å². The second kappa shape index (κ2) is 8.52. The van der Waals surface area contributed by atoms with Crippen LogP contribution in [0.25, 0.3) is 5.69 Å². The van der Waals surface area contributed by atoms with Crippen molar-refractivity contribution >= 4 is 28.5 Å². The number of aromatic amines is 1. The number of nitrogens with one attached hydrogen (secondary N) is 1. The number of H-pyrrole nitrogens is 1. The maximum absolute atomic E-state index is 13.1. The molecule has 3 aromatic rings. The Morgan fingerprint density at radius 2 is 1.97 bits per heavy atom. The summed E-state index contributed by atoms with van der Waals surface area (Å²) >= 11 is 1.49. The van der Waals surface area contributed by atoms with E-state index in [1.165, 1.54) is 16.0 Å². The number of aryl methyl sites for hydroxylation is 1. The third-order valence-corrected chi connectivity index (χ3v) is 6.40. The second-order valence-electron chi connectivity index (χ2n) is 9.06. The van der Waals surface area contributed by atoms with Crippen LogP contribution in [0.5, 0.6) is 0 Å². The number of nitrogens with zero attached hydrogens (tertiary/aromatic N) is 3. The third-order valence-electron chi connectivity index (χ3n) is 5.27. The van der Waals surface area contributed by atoms with E-state index in [4.69, 9.17) is 4.74 Å². The van der Waals surface area contributed by atoms with Gasteiger partial charge in [-0.2, -0.15) is 0 Å². The molecule has 1 aliphatic heterocycles. The van der Waals surface area contributed by atoms with Gasteiger partial charge in [0.1, 0.15) is 10.6 Å². The van der Waals surface area contributed by atoms with Gasteiger partial charge in [-0.15, -0.1) is 11.3 Å². The lowest BCUT2D eigenvalue weighted by Crippen LogP contribution is -2.28. The van der Waals surface area contributed by atoms with E-state index >= 15 is 0 Å². The van der Waals surface area contributed by atoms with E-state index in [0.29, 0.717) is 21.8 Å². The molecule has 0 radical (unpaired) electrons. The highest BCUT2D eigenvalue weighted by Crippen LogP contribution is 2.39. The minimum atomic E-state index is -0.598. The molecule has 32 heavy (non-hydrogen) atoms. The molecule has 0 amide bonds. The Kier molecular flexibility index (Phi) is 5.92. The first-order chi connectivity index (χ1) is 15.1. The lowest BCUT2D eigenvalue weighted by Gasteiger charge is -2.23. The molecule has 1 aromatic carbocycles. The van der Waals surface area contributed by atoms with Gasteiger partial charge < -0.3 is 9.64 Å². The monoisotopic (exact) mass is 452 g/mol. The molecule has 0 saturated heterocycles. The van der Waals surface area contributed by atoms with E-state index in [0.717, 1.165) is 35.6 Å². The van der Waals surface area contributed by atoms with E-state index in [2.05, 4.69) is 22.0 Å². The molecular formula is C24H28N4O3S. The van der Waals surface area contributed by atoms with Crippen molar-refractivity contribution in [2.24, 2.45) is 4.99 Å². The first kappa shape index (κ1) is 22.2. The number of hydrogen-bond donors (Lipinski definition) is 1. The minimum absolute atomic E-state index is 0.183. The lowest BCUT2D eigenvalue weighted by molar-refractivity contribution is 0.00694. The van der Waals surface area contributed by atoms with Gasteiger partial charge in [-0.1, -0.05) is 18.2 Å². The summed E-state index contributed by atoms with van der Waals surface area (Å²) in [4.78, 5) is 34.0. The molecule has 0 unspecified atom stereocenters. The van der Waals surface area contributed by atoms with Gasteiger partial charge >= 0.3 is 5.97 Å². The van der Waals surface area contributed by atoms with Gasteiger partial charge in [-0.05, 0) is 58.9 Å². The standard InChI is InChI=1S/C24H28N4O3S/c1-15-18(22(29)28(26-15)16-9-7-6-8-10-16)13-25-21-20(23(30)31-24(2,3)4)17-11-12-27(5)14-19(17)32-21/h6-10,13,26H,11-12,14H2,1-5H3/b25-13+. The fraction of sp³-hybridized carbons (Fsp3) is 0.375. The number of ether oxygens (including phenoxy) is 1. The Balaban J connectivity index is 1.74. The maximum Gasteiger partial charge on any atom is 0.342 e. The zero-order valence-corrected chi connectivity index (χ0v) is 19.9. The molecule has 7 nitrogen and oxygen atoms in total. The van der Waals surface area contributed by atoms with E-state index in [1.807, 2.05) is 58.0 Å². The highest BCUT2D eigenvalue weighted by molar-refractivity contribution is 7.16. The molecule has 0 bridgehead atoms. The summed E-state index contributed by atoms with van der Waals surface area (Å²) in [7, 11) is 2.06. The first-order valence-corrected chi connectivity index (χ1v) is 11.4. The number of thiophene rings is 1. The molecule has 0 spiro atoms. The van der Waals surface area contributed by atoms with Crippen LogP contribution in [0.1, 0.15) is 52.8 Å². The van der Waals surface area contributed by atoms with E-state index < -0.39 is 5.60 Å². The first-order valence-electron chi connectivity index (χ1n) is 10.6. The topological polar surface area (TPSA) is 79.7 Å². The van der Waals surface area contributed by atoms with Crippen LogP contribution in [0, 0.1) is 6.92 Å². The smallest absolute Gasteiger partial charge is 0.342 e. The Morgan fingerprint density at radius 1 is 1.25 bits per heavy atom. The average Bonchev–Trinajstić information content (AvgIpc) is 3.22. The second-order valence-corrected chi connectivity index (χ2v) is 10.1. The predicted molar refractivity (Wildman–Crippen MR) is 128 cm³/mol. The Bertz CT molecular complexity index is 1230. The van der Waals surface area contributed by atoms with E-state index in [-0.39, 0.29) is 11.5 Å². The van der Waals surface area contributed by atoms with Crippen molar-refractivity contribution in [1.82, 2.24) is 14.7 Å². The Morgan fingerprint density at radius 3 is 2.66 bits per heavy atom. The van der Waals surface area contributed by atoms with Crippen molar-refractivity contribution in [3.05, 3.63) is 67.9 Å². The number of benzene rings is 1. The van der Waals surface area contributed by atoms with Crippen molar-refractivity contribution in [2.75, 3.05) is 13.6 Å². The van der Waals surface area contributed by atoms with Gasteiger partial charge in [0.15, 0.2) is 0 Å². The summed E-state index contributed by atoms with van der Waals surface area (Å²) in [5.41, 5.74) is 2.69. The van der Waals surface area contributed by atoms with Crippen LogP contribution in [0.2, 0.25) is 0 Å². The molecule has 0 fully saturated rings. The number of fused-ring (bicyclic) bond motifs is 1. The number of hydrogen-bond acceptors (Lipinski definition) is 6. The summed E-state index contributed by atoms with van der Waals surface area (Å²) in [6.07, 6.45) is 2.33. The average molecular weight is 453 g/mol. The van der Waals surface area contributed by atoms with Crippen molar-refractivity contribution in [1.29, 1.82) is 0 Å². The number of carbonyl (C=O) groups excluding carboxylic acids is 1. The van der Waals surface area contributed by atoms with Crippen molar-refractivity contribution in [3.63, 3.8) is 0 Å². The SMILES string of the molecule is Cc1[nH]n(-c2ccccc2)c(=O)c1/C=N/c1sc2c(c1C(=O)OC(C)(C)C)CCN(C)C2. The number of aromatic nitrogens is 2. The predicted octanol–water partition coefficient (Wildman–Crippen LogP) is 4.23.